The van der Waals surface area contributed by atoms with Crippen molar-refractivity contribution in [3.8, 4) is 0 Å². The van der Waals surface area contributed by atoms with E-state index in [0.717, 1.165) is 18.5 Å². The lowest BCUT2D eigenvalue weighted by molar-refractivity contribution is -0.131. The highest BCUT2D eigenvalue weighted by molar-refractivity contribution is 5.96. The first kappa shape index (κ1) is 18.1. The topological polar surface area (TPSA) is 87.5 Å². The van der Waals surface area contributed by atoms with Crippen molar-refractivity contribution in [2.75, 3.05) is 26.2 Å². The second kappa shape index (κ2) is 8.62. The molecule has 1 unspecified atom stereocenters. The smallest absolute Gasteiger partial charge is 0.251 e. The van der Waals surface area contributed by atoms with E-state index in [0.29, 0.717) is 25.2 Å². The van der Waals surface area contributed by atoms with Gasteiger partial charge in [0.1, 0.15) is 0 Å². The molecule has 2 aromatic rings. The van der Waals surface area contributed by atoms with Crippen molar-refractivity contribution in [3.63, 3.8) is 0 Å². The number of nitrogens with one attached hydrogen (secondary N) is 1. The monoisotopic (exact) mass is 356 g/mol. The van der Waals surface area contributed by atoms with Crippen LogP contribution in [0, 0.1) is 0 Å². The highest BCUT2D eigenvalue weighted by Crippen LogP contribution is 2.25. The van der Waals surface area contributed by atoms with Crippen LogP contribution in [0.1, 0.15) is 34.8 Å². The van der Waals surface area contributed by atoms with Crippen molar-refractivity contribution in [2.24, 2.45) is 0 Å². The van der Waals surface area contributed by atoms with Crippen molar-refractivity contribution in [3.05, 3.63) is 53.9 Å². The summed E-state index contributed by atoms with van der Waals surface area (Å²) in [6.07, 6.45) is 3.75. The normalized spacial score (nSPS) is 17.1. The fraction of sp³-hybridized carbons (Fsp3) is 0.421. The molecule has 0 spiro atoms. The molecule has 1 aromatic carbocycles. The van der Waals surface area contributed by atoms with Crippen LogP contribution in [0.3, 0.4) is 0 Å². The molecule has 1 atom stereocenters. The molecular formula is C19H24N4O3. The Kier molecular flexibility index (Phi) is 6.01. The molecule has 7 nitrogen and oxygen atoms in total. The fourth-order valence-corrected chi connectivity index (χ4v) is 3.23. The number of likely N-dealkylation sites (tertiary alicyclic amines) is 1. The number of benzene rings is 1. The number of hydrogen-bond acceptors (Lipinski definition) is 4. The van der Waals surface area contributed by atoms with Gasteiger partial charge in [-0.1, -0.05) is 18.2 Å². The molecule has 1 fully saturated rings. The van der Waals surface area contributed by atoms with Crippen LogP contribution in [0.15, 0.2) is 42.6 Å². The predicted octanol–water partition coefficient (Wildman–Crippen LogP) is 1.01. The van der Waals surface area contributed by atoms with Gasteiger partial charge < -0.3 is 15.3 Å². The summed E-state index contributed by atoms with van der Waals surface area (Å²) in [5, 5.41) is 16.2. The SMILES string of the molecule is O=C(NCC(=O)N1CCCC(c2ccn(CCO)n2)C1)c1ccccc1. The van der Waals surface area contributed by atoms with Crippen LogP contribution in [0.25, 0.3) is 0 Å². The first-order chi connectivity index (χ1) is 12.7. The summed E-state index contributed by atoms with van der Waals surface area (Å²) >= 11 is 0. The van der Waals surface area contributed by atoms with E-state index in [-0.39, 0.29) is 30.9 Å². The second-order valence-corrected chi connectivity index (χ2v) is 6.45. The van der Waals surface area contributed by atoms with Gasteiger partial charge in [0.2, 0.25) is 5.91 Å². The van der Waals surface area contributed by atoms with Crippen LogP contribution >= 0.6 is 0 Å². The van der Waals surface area contributed by atoms with Crippen LogP contribution in [0.2, 0.25) is 0 Å². The summed E-state index contributed by atoms with van der Waals surface area (Å²) in [4.78, 5) is 26.3. The van der Waals surface area contributed by atoms with Crippen molar-refractivity contribution in [1.29, 1.82) is 0 Å². The van der Waals surface area contributed by atoms with Gasteiger partial charge in [0.25, 0.3) is 5.91 Å². The Bertz CT molecular complexity index is 744. The molecule has 7 heteroatoms. The van der Waals surface area contributed by atoms with Gasteiger partial charge in [0.15, 0.2) is 0 Å². The molecule has 2 heterocycles. The van der Waals surface area contributed by atoms with E-state index in [9.17, 15) is 9.59 Å². The summed E-state index contributed by atoms with van der Waals surface area (Å²) in [6, 6.07) is 10.8. The number of carbonyl (C=O) groups excluding carboxylic acids is 2. The molecule has 138 valence electrons. The Morgan fingerprint density at radius 3 is 2.81 bits per heavy atom. The fourth-order valence-electron chi connectivity index (χ4n) is 3.23. The van der Waals surface area contributed by atoms with Gasteiger partial charge in [-0.2, -0.15) is 5.10 Å². The minimum atomic E-state index is -0.241. The van der Waals surface area contributed by atoms with Crippen LogP contribution in [-0.4, -0.2) is 57.8 Å². The predicted molar refractivity (Wildman–Crippen MR) is 96.6 cm³/mol. The van der Waals surface area contributed by atoms with Gasteiger partial charge in [0.05, 0.1) is 25.4 Å². The standard InChI is InChI=1S/C19H24N4O3/c24-12-11-23-10-8-17(21-23)16-7-4-9-22(14-16)18(25)13-20-19(26)15-5-2-1-3-6-15/h1-3,5-6,8,10,16,24H,4,7,9,11-14H2,(H,20,26). The van der Waals surface area contributed by atoms with Gasteiger partial charge in [-0.3, -0.25) is 14.3 Å². The summed E-state index contributed by atoms with van der Waals surface area (Å²) in [7, 11) is 0. The third-order valence-electron chi connectivity index (χ3n) is 4.62. The molecule has 1 aliphatic heterocycles. The van der Waals surface area contributed by atoms with Crippen molar-refractivity contribution in [1.82, 2.24) is 20.0 Å². The second-order valence-electron chi connectivity index (χ2n) is 6.45. The van der Waals surface area contributed by atoms with E-state index in [2.05, 4.69) is 10.4 Å². The van der Waals surface area contributed by atoms with Gasteiger partial charge in [0, 0.05) is 30.8 Å². The van der Waals surface area contributed by atoms with E-state index in [1.807, 2.05) is 18.3 Å². The van der Waals surface area contributed by atoms with Crippen molar-refractivity contribution in [2.45, 2.75) is 25.3 Å². The number of hydrogen-bond donors (Lipinski definition) is 2. The zero-order chi connectivity index (χ0) is 18.4. The average molecular weight is 356 g/mol. The summed E-state index contributed by atoms with van der Waals surface area (Å²) in [5.74, 6) is -0.124. The lowest BCUT2D eigenvalue weighted by Crippen LogP contribution is -2.44. The molecule has 1 aliphatic rings. The number of aromatic nitrogens is 2. The summed E-state index contributed by atoms with van der Waals surface area (Å²) < 4.78 is 1.72. The zero-order valence-corrected chi connectivity index (χ0v) is 14.7. The van der Waals surface area contributed by atoms with E-state index in [1.165, 1.54) is 0 Å². The van der Waals surface area contributed by atoms with Gasteiger partial charge in [-0.05, 0) is 31.0 Å². The summed E-state index contributed by atoms with van der Waals surface area (Å²) in [6.45, 7) is 1.84. The molecule has 0 saturated carbocycles. The minimum absolute atomic E-state index is 0.000595. The molecule has 0 bridgehead atoms. The number of rotatable bonds is 6. The lowest BCUT2D eigenvalue weighted by atomic mass is 9.95. The molecule has 1 saturated heterocycles. The maximum absolute atomic E-state index is 12.5. The number of carbonyl (C=O) groups is 2. The van der Waals surface area contributed by atoms with Crippen LogP contribution in [-0.2, 0) is 11.3 Å². The zero-order valence-electron chi connectivity index (χ0n) is 14.7. The third kappa shape index (κ3) is 4.49. The quantitative estimate of drug-likeness (QED) is 0.809. The van der Waals surface area contributed by atoms with E-state index < -0.39 is 0 Å². The molecule has 2 N–H and O–H groups in total. The molecule has 2 amide bonds. The van der Waals surface area contributed by atoms with Crippen LogP contribution in [0.5, 0.6) is 0 Å². The molecule has 0 aliphatic carbocycles. The molecule has 26 heavy (non-hydrogen) atoms. The van der Waals surface area contributed by atoms with Crippen molar-refractivity contribution < 1.29 is 14.7 Å². The Hall–Kier alpha value is -2.67. The Morgan fingerprint density at radius 1 is 1.23 bits per heavy atom. The highest BCUT2D eigenvalue weighted by atomic mass is 16.3. The highest BCUT2D eigenvalue weighted by Gasteiger charge is 2.26. The summed E-state index contributed by atoms with van der Waals surface area (Å²) in [5.41, 5.74) is 1.50. The average Bonchev–Trinajstić information content (AvgIpc) is 3.15. The molecule has 0 radical (unpaired) electrons. The molecule has 3 rings (SSSR count). The number of aliphatic hydroxyl groups is 1. The Morgan fingerprint density at radius 2 is 2.04 bits per heavy atom. The largest absolute Gasteiger partial charge is 0.394 e. The lowest BCUT2D eigenvalue weighted by Gasteiger charge is -2.32. The molecule has 1 aromatic heterocycles. The number of aliphatic hydroxyl groups excluding tert-OH is 1. The number of nitrogens with zero attached hydrogens (tertiary/aromatic N) is 3. The third-order valence-corrected chi connectivity index (χ3v) is 4.62. The Balaban J connectivity index is 1.53. The van der Waals surface area contributed by atoms with E-state index in [4.69, 9.17) is 5.11 Å². The van der Waals surface area contributed by atoms with Gasteiger partial charge >= 0.3 is 0 Å². The van der Waals surface area contributed by atoms with Crippen LogP contribution < -0.4 is 5.32 Å². The maximum atomic E-state index is 12.5. The van der Waals surface area contributed by atoms with Gasteiger partial charge in [-0.25, -0.2) is 0 Å². The van der Waals surface area contributed by atoms with Crippen molar-refractivity contribution >= 4 is 11.8 Å². The minimum Gasteiger partial charge on any atom is -0.394 e. The Labute approximate surface area is 152 Å². The molecular weight excluding hydrogens is 332 g/mol. The first-order valence-corrected chi connectivity index (χ1v) is 8.92. The van der Waals surface area contributed by atoms with Crippen LogP contribution in [0.4, 0.5) is 0 Å². The van der Waals surface area contributed by atoms with E-state index >= 15 is 0 Å². The van der Waals surface area contributed by atoms with E-state index in [1.54, 1.807) is 33.8 Å². The number of amides is 2. The van der Waals surface area contributed by atoms with Gasteiger partial charge in [-0.15, -0.1) is 0 Å². The maximum Gasteiger partial charge on any atom is 0.251 e. The number of piperidine rings is 1. The first-order valence-electron chi connectivity index (χ1n) is 8.92.